The quantitative estimate of drug-likeness (QED) is 0.389. The van der Waals surface area contributed by atoms with E-state index in [2.05, 4.69) is 36.3 Å². The first kappa shape index (κ1) is 19.7. The number of anilines is 2. The molecule has 0 fully saturated rings. The molecule has 5 rings (SSSR count). The van der Waals surface area contributed by atoms with Crippen molar-refractivity contribution in [3.63, 3.8) is 0 Å². The number of rotatable bonds is 6. The summed E-state index contributed by atoms with van der Waals surface area (Å²) in [5.74, 6) is 1.66. The van der Waals surface area contributed by atoms with Crippen molar-refractivity contribution in [2.75, 3.05) is 12.4 Å². The third kappa shape index (κ3) is 3.78. The molecule has 8 nitrogen and oxygen atoms in total. The van der Waals surface area contributed by atoms with Crippen molar-refractivity contribution in [3.05, 3.63) is 61.1 Å². The molecule has 0 aliphatic rings. The second-order valence-corrected chi connectivity index (χ2v) is 7.57. The monoisotopic (exact) mass is 426 g/mol. The van der Waals surface area contributed by atoms with Crippen molar-refractivity contribution in [1.29, 1.82) is 0 Å². The van der Waals surface area contributed by atoms with Crippen LogP contribution in [-0.4, -0.2) is 38.1 Å². The van der Waals surface area contributed by atoms with E-state index < -0.39 is 0 Å². The number of benzene rings is 2. The molecule has 0 unspecified atom stereocenters. The van der Waals surface area contributed by atoms with Crippen LogP contribution < -0.4 is 14.8 Å². The molecular weight excluding hydrogens is 404 g/mol. The summed E-state index contributed by atoms with van der Waals surface area (Å²) in [6.07, 6.45) is 3.36. The number of pyridine rings is 1. The van der Waals surface area contributed by atoms with E-state index in [4.69, 9.17) is 9.47 Å². The highest BCUT2D eigenvalue weighted by Crippen LogP contribution is 2.32. The maximum atomic E-state index is 5.84. The van der Waals surface area contributed by atoms with Crippen LogP contribution in [0.5, 0.6) is 11.6 Å². The fraction of sp³-hybridized carbons (Fsp3) is 0.167. The lowest BCUT2D eigenvalue weighted by Gasteiger charge is -2.12. The normalized spacial score (nSPS) is 11.2. The molecule has 0 aliphatic carbocycles. The van der Waals surface area contributed by atoms with E-state index in [1.54, 1.807) is 13.4 Å². The molecule has 0 amide bonds. The zero-order valence-electron chi connectivity index (χ0n) is 18.0. The zero-order chi connectivity index (χ0) is 22.1. The first-order valence-corrected chi connectivity index (χ1v) is 10.3. The van der Waals surface area contributed by atoms with Gasteiger partial charge in [-0.3, -0.25) is 4.98 Å². The zero-order valence-corrected chi connectivity index (χ0v) is 18.0. The topological polar surface area (TPSA) is 97.8 Å². The summed E-state index contributed by atoms with van der Waals surface area (Å²) >= 11 is 0. The largest absolute Gasteiger partial charge is 0.497 e. The number of nitrogens with zero attached hydrogens (tertiary/aromatic N) is 4. The Kier molecular flexibility index (Phi) is 5.03. The Morgan fingerprint density at radius 2 is 1.91 bits per heavy atom. The van der Waals surface area contributed by atoms with Gasteiger partial charge >= 0.3 is 0 Å². The van der Waals surface area contributed by atoms with E-state index in [0.29, 0.717) is 23.0 Å². The van der Waals surface area contributed by atoms with Gasteiger partial charge in [-0.05, 0) is 61.4 Å². The van der Waals surface area contributed by atoms with Gasteiger partial charge in [-0.1, -0.05) is 12.1 Å². The lowest BCUT2D eigenvalue weighted by atomic mass is 10.0. The first-order valence-electron chi connectivity index (χ1n) is 10.3. The Balaban J connectivity index is 1.56. The molecule has 0 saturated carbocycles. The Morgan fingerprint density at radius 3 is 2.75 bits per heavy atom. The van der Waals surface area contributed by atoms with Gasteiger partial charge in [0.05, 0.1) is 25.1 Å². The van der Waals surface area contributed by atoms with Gasteiger partial charge < -0.3 is 19.8 Å². The van der Waals surface area contributed by atoms with Crippen LogP contribution in [0.2, 0.25) is 0 Å². The van der Waals surface area contributed by atoms with Gasteiger partial charge in [-0.15, -0.1) is 0 Å². The number of nitrogens with one attached hydrogen (secondary N) is 2. The van der Waals surface area contributed by atoms with Crippen LogP contribution in [0, 0.1) is 0 Å². The van der Waals surface area contributed by atoms with E-state index in [-0.39, 0.29) is 6.10 Å². The number of hydrogen-bond donors (Lipinski definition) is 2. The predicted molar refractivity (Wildman–Crippen MR) is 124 cm³/mol. The molecule has 3 heterocycles. The van der Waals surface area contributed by atoms with Crippen molar-refractivity contribution in [1.82, 2.24) is 24.9 Å². The van der Waals surface area contributed by atoms with Crippen LogP contribution in [0.1, 0.15) is 13.8 Å². The summed E-state index contributed by atoms with van der Waals surface area (Å²) in [4.78, 5) is 20.9. The number of fused-ring (bicyclic) bond motifs is 2. The third-order valence-electron chi connectivity index (χ3n) is 4.97. The fourth-order valence-electron chi connectivity index (χ4n) is 3.57. The molecule has 0 aliphatic heterocycles. The lowest BCUT2D eigenvalue weighted by molar-refractivity contribution is 0.235. The minimum Gasteiger partial charge on any atom is -0.497 e. The highest BCUT2D eigenvalue weighted by atomic mass is 16.5. The first-order chi connectivity index (χ1) is 15.6. The molecule has 32 heavy (non-hydrogen) atoms. The van der Waals surface area contributed by atoms with Gasteiger partial charge in [0.25, 0.3) is 0 Å². The molecule has 0 atom stereocenters. The molecule has 3 aromatic heterocycles. The number of hydrogen-bond acceptors (Lipinski definition) is 7. The van der Waals surface area contributed by atoms with E-state index in [1.807, 2.05) is 62.5 Å². The molecule has 0 spiro atoms. The van der Waals surface area contributed by atoms with Crippen LogP contribution >= 0.6 is 0 Å². The van der Waals surface area contributed by atoms with Crippen LogP contribution in [0.15, 0.2) is 61.1 Å². The van der Waals surface area contributed by atoms with Crippen LogP contribution in [0.25, 0.3) is 33.2 Å². The summed E-state index contributed by atoms with van der Waals surface area (Å²) in [6.45, 7) is 3.90. The van der Waals surface area contributed by atoms with E-state index in [1.165, 1.54) is 0 Å². The number of aromatic nitrogens is 5. The van der Waals surface area contributed by atoms with Crippen LogP contribution in [0.3, 0.4) is 0 Å². The maximum Gasteiger partial charge on any atom is 0.247 e. The van der Waals surface area contributed by atoms with Gasteiger partial charge in [0.15, 0.2) is 11.2 Å². The number of imidazole rings is 1. The smallest absolute Gasteiger partial charge is 0.247 e. The van der Waals surface area contributed by atoms with E-state index in [0.717, 1.165) is 33.5 Å². The third-order valence-corrected chi connectivity index (χ3v) is 4.97. The van der Waals surface area contributed by atoms with Gasteiger partial charge in [-0.25, -0.2) is 4.98 Å². The van der Waals surface area contributed by atoms with Gasteiger partial charge in [0, 0.05) is 17.3 Å². The predicted octanol–water partition coefficient (Wildman–Crippen LogP) is 5.11. The average molecular weight is 426 g/mol. The standard InChI is InChI=1S/C24H22N6O2/c1-14(2)32-23-21-22(27-13-26-21)29-24(30-23)28-16-7-8-20-19(12-16)18(9-10-25-20)15-5-4-6-17(11-15)31-3/h4-14H,1-3H3,(H2,26,27,28,29,30). The highest BCUT2D eigenvalue weighted by Gasteiger charge is 2.14. The van der Waals surface area contributed by atoms with Crippen molar-refractivity contribution in [2.24, 2.45) is 0 Å². The highest BCUT2D eigenvalue weighted by molar-refractivity contribution is 5.96. The van der Waals surface area contributed by atoms with Crippen molar-refractivity contribution >= 4 is 33.7 Å². The number of H-pyrrole nitrogens is 1. The number of ether oxygens (including phenoxy) is 2. The van der Waals surface area contributed by atoms with Crippen molar-refractivity contribution in [3.8, 4) is 22.8 Å². The van der Waals surface area contributed by atoms with Gasteiger partial charge in [0.1, 0.15) is 5.75 Å². The summed E-state index contributed by atoms with van der Waals surface area (Å²) in [5, 5.41) is 4.30. The molecule has 5 aromatic rings. The molecule has 160 valence electrons. The van der Waals surface area contributed by atoms with Crippen molar-refractivity contribution < 1.29 is 9.47 Å². The summed E-state index contributed by atoms with van der Waals surface area (Å²) < 4.78 is 11.2. The fourth-order valence-corrected chi connectivity index (χ4v) is 3.57. The maximum absolute atomic E-state index is 5.84. The number of aromatic amines is 1. The average Bonchev–Trinajstić information content (AvgIpc) is 3.27. The summed E-state index contributed by atoms with van der Waals surface area (Å²) in [7, 11) is 1.67. The van der Waals surface area contributed by atoms with Crippen LogP contribution in [-0.2, 0) is 0 Å². The van der Waals surface area contributed by atoms with E-state index >= 15 is 0 Å². The van der Waals surface area contributed by atoms with E-state index in [9.17, 15) is 0 Å². The lowest BCUT2D eigenvalue weighted by Crippen LogP contribution is -2.09. The molecule has 0 radical (unpaired) electrons. The Bertz CT molecular complexity index is 1410. The van der Waals surface area contributed by atoms with Crippen LogP contribution in [0.4, 0.5) is 11.6 Å². The Hall–Kier alpha value is -4.20. The van der Waals surface area contributed by atoms with Gasteiger partial charge in [0.2, 0.25) is 11.8 Å². The second-order valence-electron chi connectivity index (χ2n) is 7.57. The molecule has 0 saturated heterocycles. The Labute approximate surface area is 184 Å². The van der Waals surface area contributed by atoms with Gasteiger partial charge in [-0.2, -0.15) is 9.97 Å². The summed E-state index contributed by atoms with van der Waals surface area (Å²) in [6, 6.07) is 16.0. The second kappa shape index (κ2) is 8.14. The molecule has 0 bridgehead atoms. The minimum atomic E-state index is -0.0326. The molecule has 2 N–H and O–H groups in total. The Morgan fingerprint density at radius 1 is 1.00 bits per heavy atom. The molecule has 2 aromatic carbocycles. The SMILES string of the molecule is COc1cccc(-c2ccnc3ccc(Nc4nc(OC(C)C)c5nc[nH]c5n4)cc23)c1. The van der Waals surface area contributed by atoms with Crippen molar-refractivity contribution in [2.45, 2.75) is 20.0 Å². The minimum absolute atomic E-state index is 0.0326. The molecule has 8 heteroatoms. The number of methoxy groups -OCH3 is 1. The summed E-state index contributed by atoms with van der Waals surface area (Å²) in [5.41, 5.74) is 5.06. The molecular formula is C24H22N6O2.